The lowest BCUT2D eigenvalue weighted by Crippen LogP contribution is -2.18. The highest BCUT2D eigenvalue weighted by atomic mass is 32.2. The Labute approximate surface area is 217 Å². The number of thiazole rings is 1. The van der Waals surface area contributed by atoms with E-state index >= 15 is 0 Å². The van der Waals surface area contributed by atoms with Crippen molar-refractivity contribution in [2.45, 2.75) is 4.90 Å². The molecule has 0 unspecified atom stereocenters. The van der Waals surface area contributed by atoms with Gasteiger partial charge >= 0.3 is 0 Å². The molecule has 1 heterocycles. The van der Waals surface area contributed by atoms with Crippen LogP contribution < -0.4 is 14.8 Å². The summed E-state index contributed by atoms with van der Waals surface area (Å²) in [6, 6.07) is 24.7. The summed E-state index contributed by atoms with van der Waals surface area (Å²) in [5.74, 6) is -0.0540. The average Bonchev–Trinajstić information content (AvgIpc) is 3.33. The Morgan fingerprint density at radius 1 is 0.946 bits per heavy atom. The van der Waals surface area contributed by atoms with Crippen LogP contribution in [0.2, 0.25) is 0 Å². The second-order valence-corrected chi connectivity index (χ2v) is 10.7. The number of aromatic hydroxyl groups is 1. The van der Waals surface area contributed by atoms with Gasteiger partial charge < -0.3 is 15.2 Å². The molecule has 3 N–H and O–H groups in total. The average molecular weight is 532 g/mol. The molecule has 186 valence electrons. The van der Waals surface area contributed by atoms with E-state index in [2.05, 4.69) is 15.0 Å². The third-order valence-corrected chi connectivity index (χ3v) is 8.02. The molecule has 0 fully saturated rings. The maximum Gasteiger partial charge on any atom is 0.261 e. The number of para-hydroxylation sites is 2. The third-order valence-electron chi connectivity index (χ3n) is 5.57. The molecule has 5 aromatic rings. The first-order chi connectivity index (χ1) is 17.8. The smallest absolute Gasteiger partial charge is 0.261 e. The fraction of sp³-hybridized carbons (Fsp3) is 0.0370. The van der Waals surface area contributed by atoms with Gasteiger partial charge in [-0.15, -0.1) is 11.3 Å². The Hall–Kier alpha value is -4.41. The fourth-order valence-corrected chi connectivity index (χ4v) is 5.78. The van der Waals surface area contributed by atoms with Crippen molar-refractivity contribution in [2.24, 2.45) is 0 Å². The van der Waals surface area contributed by atoms with Gasteiger partial charge in [0.2, 0.25) is 0 Å². The highest BCUT2D eigenvalue weighted by Crippen LogP contribution is 2.36. The zero-order valence-corrected chi connectivity index (χ0v) is 21.1. The van der Waals surface area contributed by atoms with Gasteiger partial charge in [0, 0.05) is 11.8 Å². The van der Waals surface area contributed by atoms with E-state index in [1.165, 1.54) is 60.9 Å². The Balaban J connectivity index is 1.36. The number of anilines is 2. The van der Waals surface area contributed by atoms with Crippen molar-refractivity contribution in [1.82, 2.24) is 4.98 Å². The highest BCUT2D eigenvalue weighted by Gasteiger charge is 2.19. The fourth-order valence-electron chi connectivity index (χ4n) is 3.70. The molecule has 0 aliphatic heterocycles. The van der Waals surface area contributed by atoms with Crippen LogP contribution in [0.1, 0.15) is 10.4 Å². The van der Waals surface area contributed by atoms with Crippen LogP contribution in [0.25, 0.3) is 20.8 Å². The van der Waals surface area contributed by atoms with Crippen LogP contribution in [0, 0.1) is 0 Å². The molecule has 4 aromatic carbocycles. The summed E-state index contributed by atoms with van der Waals surface area (Å²) < 4.78 is 34.3. The number of ether oxygens (including phenoxy) is 1. The van der Waals surface area contributed by atoms with E-state index in [0.717, 1.165) is 10.2 Å². The predicted molar refractivity (Wildman–Crippen MR) is 145 cm³/mol. The van der Waals surface area contributed by atoms with Gasteiger partial charge in [-0.25, -0.2) is 13.4 Å². The van der Waals surface area contributed by atoms with Crippen molar-refractivity contribution >= 4 is 48.9 Å². The van der Waals surface area contributed by atoms with E-state index in [-0.39, 0.29) is 21.9 Å². The topological polar surface area (TPSA) is 118 Å². The highest BCUT2D eigenvalue weighted by molar-refractivity contribution is 7.92. The predicted octanol–water partition coefficient (Wildman–Crippen LogP) is 5.73. The van der Waals surface area contributed by atoms with Crippen LogP contribution in [0.4, 0.5) is 11.4 Å². The van der Waals surface area contributed by atoms with E-state index in [1.807, 2.05) is 24.3 Å². The van der Waals surface area contributed by atoms with Gasteiger partial charge in [0.1, 0.15) is 16.5 Å². The first-order valence-electron chi connectivity index (χ1n) is 11.1. The van der Waals surface area contributed by atoms with Crippen LogP contribution in [-0.2, 0) is 10.0 Å². The number of fused-ring (bicyclic) bond motifs is 1. The minimum atomic E-state index is -3.95. The molecule has 0 aliphatic carbocycles. The third kappa shape index (κ3) is 5.11. The first kappa shape index (κ1) is 24.3. The summed E-state index contributed by atoms with van der Waals surface area (Å²) in [5, 5.41) is 14.0. The zero-order chi connectivity index (χ0) is 26.0. The summed E-state index contributed by atoms with van der Waals surface area (Å²) in [5.41, 5.74) is 1.97. The molecule has 0 bridgehead atoms. The Kier molecular flexibility index (Phi) is 6.51. The van der Waals surface area contributed by atoms with Crippen LogP contribution in [0.5, 0.6) is 11.5 Å². The summed E-state index contributed by atoms with van der Waals surface area (Å²) in [6.45, 7) is 0. The number of phenolic OH excluding ortho intramolecular Hbond substituents is 1. The minimum absolute atomic E-state index is 0.0267. The monoisotopic (exact) mass is 531 g/mol. The van der Waals surface area contributed by atoms with Crippen molar-refractivity contribution in [3.8, 4) is 22.1 Å². The number of nitrogens with one attached hydrogen (secondary N) is 2. The number of amides is 1. The van der Waals surface area contributed by atoms with Crippen LogP contribution >= 0.6 is 11.3 Å². The van der Waals surface area contributed by atoms with Gasteiger partial charge in [0.05, 0.1) is 39.0 Å². The Morgan fingerprint density at radius 2 is 1.68 bits per heavy atom. The summed E-state index contributed by atoms with van der Waals surface area (Å²) in [6.07, 6.45) is 0. The van der Waals surface area contributed by atoms with Gasteiger partial charge in [0.15, 0.2) is 0 Å². The maximum atomic E-state index is 13.1. The normalized spacial score (nSPS) is 11.3. The number of carbonyl (C=O) groups excluding carboxylic acids is 1. The molecule has 37 heavy (non-hydrogen) atoms. The number of nitrogens with zero attached hydrogens (tertiary/aromatic N) is 1. The lowest BCUT2D eigenvalue weighted by Gasteiger charge is -2.13. The van der Waals surface area contributed by atoms with E-state index in [1.54, 1.807) is 24.3 Å². The quantitative estimate of drug-likeness (QED) is 0.247. The van der Waals surface area contributed by atoms with Gasteiger partial charge in [-0.3, -0.25) is 9.52 Å². The van der Waals surface area contributed by atoms with Crippen LogP contribution in [0.15, 0.2) is 95.9 Å². The number of phenols is 1. The van der Waals surface area contributed by atoms with Crippen LogP contribution in [-0.4, -0.2) is 31.5 Å². The standard InChI is InChI=1S/C27H21N3O5S2/c1-35-18-11-13-19(14-12-18)37(33,34)30-22-7-3-2-6-20(22)26(32)28-17-10-15-21(24(31)16-17)27-29-23-8-4-5-9-25(23)36-27/h2-16,30-31H,1H3,(H,28,32). The minimum Gasteiger partial charge on any atom is -0.507 e. The van der Waals surface area contributed by atoms with Gasteiger partial charge in [0.25, 0.3) is 15.9 Å². The van der Waals surface area contributed by atoms with E-state index in [9.17, 15) is 18.3 Å². The summed E-state index contributed by atoms with van der Waals surface area (Å²) >= 11 is 1.46. The SMILES string of the molecule is COc1ccc(S(=O)(=O)Nc2ccccc2C(=O)Nc2ccc(-c3nc4ccccc4s3)c(O)c2)cc1. The van der Waals surface area contributed by atoms with Crippen molar-refractivity contribution in [3.63, 3.8) is 0 Å². The molecule has 10 heteroatoms. The number of benzene rings is 4. The van der Waals surface area contributed by atoms with E-state index in [4.69, 9.17) is 4.74 Å². The van der Waals surface area contributed by atoms with Crippen molar-refractivity contribution in [3.05, 3.63) is 96.6 Å². The number of aromatic nitrogens is 1. The molecule has 5 rings (SSSR count). The molecule has 0 radical (unpaired) electrons. The first-order valence-corrected chi connectivity index (χ1v) is 13.4. The number of rotatable bonds is 7. The number of sulfonamides is 1. The van der Waals surface area contributed by atoms with Crippen molar-refractivity contribution in [2.75, 3.05) is 17.1 Å². The largest absolute Gasteiger partial charge is 0.507 e. The molecule has 1 aromatic heterocycles. The van der Waals surface area contributed by atoms with Gasteiger partial charge in [-0.05, 0) is 60.7 Å². The molecule has 0 atom stereocenters. The molecule has 0 saturated heterocycles. The van der Waals surface area contributed by atoms with Crippen molar-refractivity contribution in [1.29, 1.82) is 0 Å². The number of methoxy groups -OCH3 is 1. The number of hydrogen-bond donors (Lipinski definition) is 3. The molecular weight excluding hydrogens is 510 g/mol. The number of hydrogen-bond acceptors (Lipinski definition) is 7. The van der Waals surface area contributed by atoms with E-state index in [0.29, 0.717) is 22.0 Å². The van der Waals surface area contributed by atoms with Gasteiger partial charge in [-0.1, -0.05) is 24.3 Å². The molecule has 0 spiro atoms. The number of carbonyl (C=O) groups is 1. The van der Waals surface area contributed by atoms with Crippen molar-refractivity contribution < 1.29 is 23.1 Å². The zero-order valence-electron chi connectivity index (χ0n) is 19.5. The lowest BCUT2D eigenvalue weighted by molar-refractivity contribution is 0.102. The Morgan fingerprint density at radius 3 is 2.41 bits per heavy atom. The summed E-state index contributed by atoms with van der Waals surface area (Å²) in [4.78, 5) is 17.7. The molecule has 1 amide bonds. The lowest BCUT2D eigenvalue weighted by atomic mass is 10.1. The second-order valence-electron chi connectivity index (χ2n) is 8.00. The van der Waals surface area contributed by atoms with Gasteiger partial charge in [-0.2, -0.15) is 0 Å². The summed E-state index contributed by atoms with van der Waals surface area (Å²) in [7, 11) is -2.46. The second kappa shape index (κ2) is 9.92. The molecular formula is C27H21N3O5S2. The Bertz CT molecular complexity index is 1680. The maximum absolute atomic E-state index is 13.1. The molecule has 0 saturated carbocycles. The molecule has 8 nitrogen and oxygen atoms in total. The van der Waals surface area contributed by atoms with E-state index < -0.39 is 15.9 Å². The van der Waals surface area contributed by atoms with Crippen LogP contribution in [0.3, 0.4) is 0 Å². The molecule has 0 aliphatic rings.